The molecule has 1 aromatic carbocycles. The first-order valence-corrected chi connectivity index (χ1v) is 6.20. The lowest BCUT2D eigenvalue weighted by Gasteiger charge is -1.95. The van der Waals surface area contributed by atoms with Gasteiger partial charge in [-0.1, -0.05) is 30.3 Å². The monoisotopic (exact) mass is 297 g/mol. The minimum Gasteiger partial charge on any atom is -0.477 e. The predicted molar refractivity (Wildman–Crippen MR) is 66.0 cm³/mol. The lowest BCUT2D eigenvalue weighted by molar-refractivity contribution is 0.0701. The van der Waals surface area contributed by atoms with Crippen molar-refractivity contribution < 1.29 is 9.90 Å². The van der Waals surface area contributed by atoms with Crippen molar-refractivity contribution in [3.8, 4) is 0 Å². The van der Waals surface area contributed by atoms with Crippen molar-refractivity contribution in [2.45, 2.75) is 6.42 Å². The van der Waals surface area contributed by atoms with Crippen LogP contribution in [0.5, 0.6) is 0 Å². The number of aromatic carboxylic acids is 1. The first kappa shape index (κ1) is 11.3. The van der Waals surface area contributed by atoms with Gasteiger partial charge in [-0.2, -0.15) is 0 Å². The highest BCUT2D eigenvalue weighted by Gasteiger charge is 2.15. The Bertz CT molecular complexity index is 510. The average Bonchev–Trinajstić information content (AvgIpc) is 2.61. The third-order valence-electron chi connectivity index (χ3n) is 2.02. The predicted octanol–water partition coefficient (Wildman–Crippen LogP) is 3.19. The minimum absolute atomic E-state index is 0.255. The standard InChI is InChI=1S/C11H8BrNO2S/c12-10-9(11(14)15)16-8(13-10)6-7-4-2-1-3-5-7/h1-5H,6H2,(H,14,15). The fraction of sp³-hybridized carbons (Fsp3) is 0.0909. The number of carbonyl (C=O) groups is 1. The zero-order valence-corrected chi connectivity index (χ0v) is 10.6. The SMILES string of the molecule is O=C(O)c1sc(Cc2ccccc2)nc1Br. The summed E-state index contributed by atoms with van der Waals surface area (Å²) in [6.45, 7) is 0. The minimum atomic E-state index is -0.941. The van der Waals surface area contributed by atoms with Crippen LogP contribution in [0.4, 0.5) is 0 Å². The topological polar surface area (TPSA) is 50.2 Å². The fourth-order valence-electron chi connectivity index (χ4n) is 1.32. The summed E-state index contributed by atoms with van der Waals surface area (Å²) in [5.41, 5.74) is 1.13. The number of nitrogens with zero attached hydrogens (tertiary/aromatic N) is 1. The van der Waals surface area contributed by atoms with Gasteiger partial charge in [-0.15, -0.1) is 11.3 Å². The molecule has 0 unspecified atom stereocenters. The van der Waals surface area contributed by atoms with Crippen molar-refractivity contribution in [1.82, 2.24) is 4.98 Å². The summed E-state index contributed by atoms with van der Waals surface area (Å²) in [6, 6.07) is 9.85. The van der Waals surface area contributed by atoms with E-state index < -0.39 is 5.97 Å². The number of aromatic nitrogens is 1. The molecule has 16 heavy (non-hydrogen) atoms. The zero-order chi connectivity index (χ0) is 11.5. The molecule has 0 amide bonds. The normalized spacial score (nSPS) is 10.3. The third kappa shape index (κ3) is 2.48. The molecule has 1 aromatic heterocycles. The molecule has 0 atom stereocenters. The van der Waals surface area contributed by atoms with Crippen LogP contribution < -0.4 is 0 Å². The second-order valence-corrected chi connectivity index (χ2v) is 5.03. The van der Waals surface area contributed by atoms with E-state index in [-0.39, 0.29) is 4.88 Å². The van der Waals surface area contributed by atoms with Gasteiger partial charge in [0.15, 0.2) is 0 Å². The quantitative estimate of drug-likeness (QED) is 0.946. The van der Waals surface area contributed by atoms with E-state index in [0.29, 0.717) is 11.0 Å². The molecule has 0 radical (unpaired) electrons. The maximum atomic E-state index is 10.8. The Morgan fingerprint density at radius 1 is 1.38 bits per heavy atom. The summed E-state index contributed by atoms with van der Waals surface area (Å²) < 4.78 is 0.413. The van der Waals surface area contributed by atoms with Crippen molar-refractivity contribution in [2.24, 2.45) is 0 Å². The van der Waals surface area contributed by atoms with Gasteiger partial charge in [0.05, 0.1) is 5.01 Å². The molecule has 5 heteroatoms. The Morgan fingerprint density at radius 3 is 2.62 bits per heavy atom. The molecule has 2 rings (SSSR count). The van der Waals surface area contributed by atoms with Gasteiger partial charge in [0.25, 0.3) is 0 Å². The van der Waals surface area contributed by atoms with Gasteiger partial charge in [-0.3, -0.25) is 0 Å². The van der Waals surface area contributed by atoms with Crippen molar-refractivity contribution in [1.29, 1.82) is 0 Å². The Kier molecular flexibility index (Phi) is 3.36. The Labute approximate surface area is 105 Å². The second kappa shape index (κ2) is 4.76. The molecule has 1 heterocycles. The lowest BCUT2D eigenvalue weighted by atomic mass is 10.2. The molecule has 0 aliphatic carbocycles. The van der Waals surface area contributed by atoms with Crippen LogP contribution >= 0.6 is 27.3 Å². The number of thiazole rings is 1. The molecular weight excluding hydrogens is 290 g/mol. The van der Waals surface area contributed by atoms with Crippen LogP contribution in [0, 0.1) is 0 Å². The van der Waals surface area contributed by atoms with Crippen molar-refractivity contribution in [3.63, 3.8) is 0 Å². The molecule has 2 aromatic rings. The highest BCUT2D eigenvalue weighted by molar-refractivity contribution is 9.10. The number of hydrogen-bond acceptors (Lipinski definition) is 3. The van der Waals surface area contributed by atoms with Crippen LogP contribution in [0.2, 0.25) is 0 Å². The van der Waals surface area contributed by atoms with Gasteiger partial charge in [-0.05, 0) is 21.5 Å². The molecule has 0 aliphatic heterocycles. The van der Waals surface area contributed by atoms with Gasteiger partial charge in [0.1, 0.15) is 9.48 Å². The third-order valence-corrected chi connectivity index (χ3v) is 3.90. The van der Waals surface area contributed by atoms with E-state index >= 15 is 0 Å². The van der Waals surface area contributed by atoms with E-state index in [4.69, 9.17) is 5.11 Å². The number of rotatable bonds is 3. The molecule has 82 valence electrons. The molecule has 0 saturated heterocycles. The van der Waals surface area contributed by atoms with E-state index in [1.165, 1.54) is 11.3 Å². The van der Waals surface area contributed by atoms with Crippen molar-refractivity contribution in [2.75, 3.05) is 0 Å². The summed E-state index contributed by atoms with van der Waals surface area (Å²) in [5, 5.41) is 9.69. The van der Waals surface area contributed by atoms with Gasteiger partial charge in [0.2, 0.25) is 0 Å². The van der Waals surface area contributed by atoms with Crippen LogP contribution in [0.25, 0.3) is 0 Å². The first-order chi connectivity index (χ1) is 7.66. The maximum absolute atomic E-state index is 10.8. The van der Waals surface area contributed by atoms with Gasteiger partial charge >= 0.3 is 5.97 Å². The summed E-state index contributed by atoms with van der Waals surface area (Å²) in [5.74, 6) is -0.941. The molecule has 0 aliphatic rings. The van der Waals surface area contributed by atoms with Crippen LogP contribution in [0.1, 0.15) is 20.2 Å². The summed E-state index contributed by atoms with van der Waals surface area (Å²) >= 11 is 4.35. The summed E-state index contributed by atoms with van der Waals surface area (Å²) in [7, 11) is 0. The fourth-order valence-corrected chi connectivity index (χ4v) is 2.89. The van der Waals surface area contributed by atoms with Crippen molar-refractivity contribution >= 4 is 33.2 Å². The number of hydrogen-bond donors (Lipinski definition) is 1. The van der Waals surface area contributed by atoms with Gasteiger partial charge in [0, 0.05) is 6.42 Å². The molecule has 0 spiro atoms. The number of benzene rings is 1. The van der Waals surface area contributed by atoms with E-state index in [2.05, 4.69) is 20.9 Å². The van der Waals surface area contributed by atoms with Crippen LogP contribution in [0.3, 0.4) is 0 Å². The van der Waals surface area contributed by atoms with E-state index in [9.17, 15) is 4.79 Å². The molecule has 1 N–H and O–H groups in total. The van der Waals surface area contributed by atoms with E-state index in [1.807, 2.05) is 30.3 Å². The lowest BCUT2D eigenvalue weighted by Crippen LogP contribution is -1.91. The van der Waals surface area contributed by atoms with Crippen LogP contribution in [-0.2, 0) is 6.42 Å². The molecule has 0 bridgehead atoms. The number of halogens is 1. The van der Waals surface area contributed by atoms with Crippen molar-refractivity contribution in [3.05, 3.63) is 50.4 Å². The Morgan fingerprint density at radius 2 is 2.06 bits per heavy atom. The van der Waals surface area contributed by atoms with Crippen LogP contribution in [-0.4, -0.2) is 16.1 Å². The number of carboxylic acid groups (broad SMARTS) is 1. The smallest absolute Gasteiger partial charge is 0.348 e. The first-order valence-electron chi connectivity index (χ1n) is 4.59. The largest absolute Gasteiger partial charge is 0.477 e. The Balaban J connectivity index is 2.23. The van der Waals surface area contributed by atoms with Gasteiger partial charge in [-0.25, -0.2) is 9.78 Å². The molecule has 0 saturated carbocycles. The van der Waals surface area contributed by atoms with Gasteiger partial charge < -0.3 is 5.11 Å². The van der Waals surface area contributed by atoms with E-state index in [0.717, 1.165) is 10.6 Å². The highest BCUT2D eigenvalue weighted by Crippen LogP contribution is 2.25. The Hall–Kier alpha value is -1.20. The average molecular weight is 298 g/mol. The molecular formula is C11H8BrNO2S. The number of carboxylic acids is 1. The maximum Gasteiger partial charge on any atom is 0.348 e. The van der Waals surface area contributed by atoms with E-state index in [1.54, 1.807) is 0 Å². The molecule has 3 nitrogen and oxygen atoms in total. The summed E-state index contributed by atoms with van der Waals surface area (Å²) in [4.78, 5) is 15.3. The molecule has 0 fully saturated rings. The zero-order valence-electron chi connectivity index (χ0n) is 8.18. The highest BCUT2D eigenvalue weighted by atomic mass is 79.9. The second-order valence-electron chi connectivity index (χ2n) is 3.20. The van der Waals surface area contributed by atoms with Crippen LogP contribution in [0.15, 0.2) is 34.9 Å². The summed E-state index contributed by atoms with van der Waals surface area (Å²) in [6.07, 6.45) is 0.664.